The Labute approximate surface area is 129 Å². The van der Waals surface area contributed by atoms with Crippen LogP contribution in [0.2, 0.25) is 5.02 Å². The number of nitrogens with zero attached hydrogens (tertiary/aromatic N) is 1. The standard InChI is InChI=1S/C12H15ClF2N2.2ClH/c13-9-1-2-10(11(15)7-9)12(8-14)17-5-3-16-4-6-17;;/h1-2,7,12,16H,3-6,8H2;2*1H/t12-;;/m0../s1. The summed E-state index contributed by atoms with van der Waals surface area (Å²) in [5.41, 5.74) is 0.388. The highest BCUT2D eigenvalue weighted by Gasteiger charge is 2.24. The van der Waals surface area contributed by atoms with Crippen molar-refractivity contribution in [3.05, 3.63) is 34.6 Å². The Kier molecular flexibility index (Phi) is 8.86. The molecule has 1 aromatic carbocycles. The molecule has 0 spiro atoms. The average Bonchev–Trinajstić information content (AvgIpc) is 2.34. The molecular formula is C12H17Cl3F2N2. The van der Waals surface area contributed by atoms with Crippen LogP contribution in [0.3, 0.4) is 0 Å². The third kappa shape index (κ3) is 4.72. The maximum Gasteiger partial charge on any atom is 0.129 e. The van der Waals surface area contributed by atoms with E-state index < -0.39 is 18.5 Å². The highest BCUT2D eigenvalue weighted by molar-refractivity contribution is 6.30. The van der Waals surface area contributed by atoms with Crippen LogP contribution in [0.5, 0.6) is 0 Å². The number of benzene rings is 1. The van der Waals surface area contributed by atoms with Gasteiger partial charge in [-0.25, -0.2) is 8.78 Å². The molecule has 0 unspecified atom stereocenters. The van der Waals surface area contributed by atoms with Crippen LogP contribution in [0.4, 0.5) is 8.78 Å². The minimum absolute atomic E-state index is 0. The molecule has 0 saturated carbocycles. The molecule has 0 radical (unpaired) electrons. The lowest BCUT2D eigenvalue weighted by atomic mass is 10.0. The van der Waals surface area contributed by atoms with Crippen molar-refractivity contribution in [3.63, 3.8) is 0 Å². The van der Waals surface area contributed by atoms with Crippen LogP contribution in [-0.4, -0.2) is 37.8 Å². The average molecular weight is 334 g/mol. The summed E-state index contributed by atoms with van der Waals surface area (Å²) in [6.07, 6.45) is 0. The van der Waals surface area contributed by atoms with Crippen LogP contribution >= 0.6 is 36.4 Å². The molecule has 1 heterocycles. The SMILES string of the molecule is Cl.Cl.FC[C@@H](c1ccc(Cl)cc1F)N1CCNCC1. The summed E-state index contributed by atoms with van der Waals surface area (Å²) in [5, 5.41) is 3.53. The van der Waals surface area contributed by atoms with Crippen LogP contribution in [0.25, 0.3) is 0 Å². The molecule has 0 bridgehead atoms. The zero-order valence-corrected chi connectivity index (χ0v) is 12.6. The van der Waals surface area contributed by atoms with Gasteiger partial charge in [-0.15, -0.1) is 24.8 Å². The molecule has 1 aliphatic rings. The summed E-state index contributed by atoms with van der Waals surface area (Å²) in [4.78, 5) is 1.96. The van der Waals surface area contributed by atoms with Gasteiger partial charge < -0.3 is 5.32 Å². The lowest BCUT2D eigenvalue weighted by Crippen LogP contribution is -2.45. The van der Waals surface area contributed by atoms with E-state index in [0.29, 0.717) is 10.6 Å². The van der Waals surface area contributed by atoms with Gasteiger partial charge in [0.1, 0.15) is 12.5 Å². The molecule has 7 heteroatoms. The lowest BCUT2D eigenvalue weighted by Gasteiger charge is -2.33. The molecule has 0 aliphatic carbocycles. The largest absolute Gasteiger partial charge is 0.314 e. The Morgan fingerprint density at radius 3 is 2.42 bits per heavy atom. The molecule has 1 aliphatic heterocycles. The maximum absolute atomic E-state index is 13.7. The Morgan fingerprint density at radius 2 is 1.89 bits per heavy atom. The molecular weight excluding hydrogens is 317 g/mol. The van der Waals surface area contributed by atoms with E-state index in [1.54, 1.807) is 12.1 Å². The predicted molar refractivity (Wildman–Crippen MR) is 79.1 cm³/mol. The third-order valence-electron chi connectivity index (χ3n) is 3.06. The molecule has 1 atom stereocenters. The van der Waals surface area contributed by atoms with E-state index in [1.165, 1.54) is 6.07 Å². The summed E-state index contributed by atoms with van der Waals surface area (Å²) in [7, 11) is 0. The minimum Gasteiger partial charge on any atom is -0.314 e. The number of halogens is 5. The molecule has 1 N–H and O–H groups in total. The molecule has 1 aromatic rings. The van der Waals surface area contributed by atoms with E-state index in [2.05, 4.69) is 5.32 Å². The number of alkyl halides is 1. The van der Waals surface area contributed by atoms with E-state index >= 15 is 0 Å². The zero-order valence-electron chi connectivity index (χ0n) is 10.2. The quantitative estimate of drug-likeness (QED) is 0.913. The van der Waals surface area contributed by atoms with Crippen molar-refractivity contribution in [2.75, 3.05) is 32.9 Å². The van der Waals surface area contributed by atoms with Crippen molar-refractivity contribution >= 4 is 36.4 Å². The van der Waals surface area contributed by atoms with Crippen molar-refractivity contribution < 1.29 is 8.78 Å². The normalized spacial score (nSPS) is 17.2. The van der Waals surface area contributed by atoms with Crippen molar-refractivity contribution in [1.29, 1.82) is 0 Å². The van der Waals surface area contributed by atoms with Gasteiger partial charge in [-0.1, -0.05) is 17.7 Å². The summed E-state index contributed by atoms with van der Waals surface area (Å²) >= 11 is 5.69. The first kappa shape index (κ1) is 18.9. The Balaban J connectivity index is 0.00000162. The highest BCUT2D eigenvalue weighted by atomic mass is 35.5. The van der Waals surface area contributed by atoms with Gasteiger partial charge in [0.05, 0.1) is 6.04 Å². The Morgan fingerprint density at radius 1 is 1.26 bits per heavy atom. The van der Waals surface area contributed by atoms with Gasteiger partial charge in [0.25, 0.3) is 0 Å². The predicted octanol–water partition coefficient (Wildman–Crippen LogP) is 3.24. The number of rotatable bonds is 3. The second kappa shape index (κ2) is 8.93. The molecule has 110 valence electrons. The lowest BCUT2D eigenvalue weighted by molar-refractivity contribution is 0.144. The first-order chi connectivity index (χ1) is 8.22. The second-order valence-corrected chi connectivity index (χ2v) is 4.56. The monoisotopic (exact) mass is 332 g/mol. The van der Waals surface area contributed by atoms with Gasteiger partial charge >= 0.3 is 0 Å². The van der Waals surface area contributed by atoms with Crippen molar-refractivity contribution in [2.45, 2.75) is 6.04 Å². The molecule has 0 aromatic heterocycles. The summed E-state index contributed by atoms with van der Waals surface area (Å²) in [6, 6.07) is 3.91. The fourth-order valence-corrected chi connectivity index (χ4v) is 2.30. The topological polar surface area (TPSA) is 15.3 Å². The van der Waals surface area contributed by atoms with Gasteiger partial charge in [-0.2, -0.15) is 0 Å². The van der Waals surface area contributed by atoms with Crippen molar-refractivity contribution in [1.82, 2.24) is 10.2 Å². The van der Waals surface area contributed by atoms with E-state index in [1.807, 2.05) is 4.90 Å². The van der Waals surface area contributed by atoms with Crippen LogP contribution in [0, 0.1) is 5.82 Å². The molecule has 19 heavy (non-hydrogen) atoms. The molecule has 0 amide bonds. The van der Waals surface area contributed by atoms with Crippen LogP contribution in [0.1, 0.15) is 11.6 Å². The van der Waals surface area contributed by atoms with Crippen LogP contribution in [0.15, 0.2) is 18.2 Å². The number of piperazine rings is 1. The highest BCUT2D eigenvalue weighted by Crippen LogP contribution is 2.26. The Hall–Kier alpha value is -0.130. The first-order valence-corrected chi connectivity index (χ1v) is 6.06. The summed E-state index contributed by atoms with van der Waals surface area (Å²) in [5.74, 6) is -0.432. The van der Waals surface area contributed by atoms with Crippen molar-refractivity contribution in [3.8, 4) is 0 Å². The Bertz CT molecular complexity index is 387. The first-order valence-electron chi connectivity index (χ1n) is 5.68. The van der Waals surface area contributed by atoms with Crippen LogP contribution < -0.4 is 5.32 Å². The van der Waals surface area contributed by atoms with E-state index in [9.17, 15) is 8.78 Å². The zero-order chi connectivity index (χ0) is 12.3. The van der Waals surface area contributed by atoms with E-state index in [4.69, 9.17) is 11.6 Å². The number of hydrogen-bond acceptors (Lipinski definition) is 2. The minimum atomic E-state index is -0.585. The van der Waals surface area contributed by atoms with Gasteiger partial charge in [-0.05, 0) is 12.1 Å². The second-order valence-electron chi connectivity index (χ2n) is 4.12. The summed E-state index contributed by atoms with van der Waals surface area (Å²) in [6.45, 7) is 2.50. The smallest absolute Gasteiger partial charge is 0.129 e. The van der Waals surface area contributed by atoms with E-state index in [0.717, 1.165) is 26.2 Å². The molecule has 2 rings (SSSR count). The maximum atomic E-state index is 13.7. The van der Waals surface area contributed by atoms with E-state index in [-0.39, 0.29) is 24.8 Å². The van der Waals surface area contributed by atoms with Crippen LogP contribution in [-0.2, 0) is 0 Å². The molecule has 2 nitrogen and oxygen atoms in total. The molecule has 1 saturated heterocycles. The number of hydrogen-bond donors (Lipinski definition) is 1. The van der Waals surface area contributed by atoms with Crippen molar-refractivity contribution in [2.24, 2.45) is 0 Å². The van der Waals surface area contributed by atoms with Gasteiger partial charge in [0.2, 0.25) is 0 Å². The van der Waals surface area contributed by atoms with Gasteiger partial charge in [0, 0.05) is 36.8 Å². The number of nitrogens with one attached hydrogen (secondary N) is 1. The van der Waals surface area contributed by atoms with Gasteiger partial charge in [-0.3, -0.25) is 4.90 Å². The fraction of sp³-hybridized carbons (Fsp3) is 0.500. The fourth-order valence-electron chi connectivity index (χ4n) is 2.14. The van der Waals surface area contributed by atoms with Gasteiger partial charge in [0.15, 0.2) is 0 Å². The third-order valence-corrected chi connectivity index (χ3v) is 3.30. The summed E-state index contributed by atoms with van der Waals surface area (Å²) < 4.78 is 26.9. The molecule has 1 fully saturated rings.